The van der Waals surface area contributed by atoms with E-state index in [0.717, 1.165) is 16.0 Å². The van der Waals surface area contributed by atoms with Crippen LogP contribution in [0.25, 0.3) is 0 Å². The highest BCUT2D eigenvalue weighted by atomic mass is 35.5. The van der Waals surface area contributed by atoms with Gasteiger partial charge in [0.25, 0.3) is 0 Å². The van der Waals surface area contributed by atoms with Crippen molar-refractivity contribution < 1.29 is 14.4 Å². The lowest BCUT2D eigenvalue weighted by atomic mass is 10.1. The van der Waals surface area contributed by atoms with Crippen LogP contribution in [0, 0.1) is 0 Å². The third-order valence-corrected chi connectivity index (χ3v) is 7.05. The topological polar surface area (TPSA) is 75.3 Å². The number of rotatable bonds is 9. The molecule has 2 N–H and O–H groups in total. The van der Waals surface area contributed by atoms with Crippen molar-refractivity contribution in [2.45, 2.75) is 23.5 Å². The average molecular weight is 529 g/mol. The van der Waals surface area contributed by atoms with Crippen LogP contribution in [-0.4, -0.2) is 17.6 Å². The summed E-state index contributed by atoms with van der Waals surface area (Å²) in [4.78, 5) is 38.3. The summed E-state index contributed by atoms with van der Waals surface area (Å²) in [6, 6.07) is 30.9. The molecule has 0 fully saturated rings. The predicted octanol–water partition coefficient (Wildman–Crippen LogP) is 7.20. The van der Waals surface area contributed by atoms with E-state index in [-0.39, 0.29) is 24.0 Å². The Labute approximate surface area is 225 Å². The maximum atomic E-state index is 13.3. The first-order chi connectivity index (χ1) is 17.9. The van der Waals surface area contributed by atoms with Crippen molar-refractivity contribution in [3.8, 4) is 0 Å². The molecule has 4 aromatic rings. The van der Waals surface area contributed by atoms with E-state index in [4.69, 9.17) is 11.6 Å². The Morgan fingerprint density at radius 2 is 1.49 bits per heavy atom. The lowest BCUT2D eigenvalue weighted by molar-refractivity contribution is -0.116. The van der Waals surface area contributed by atoms with Gasteiger partial charge in [-0.3, -0.25) is 14.4 Å². The van der Waals surface area contributed by atoms with Crippen molar-refractivity contribution in [2.24, 2.45) is 0 Å². The van der Waals surface area contributed by atoms with Crippen LogP contribution in [0.3, 0.4) is 0 Å². The van der Waals surface area contributed by atoms with E-state index in [0.29, 0.717) is 22.0 Å². The molecular weight excluding hydrogens is 504 g/mol. The Morgan fingerprint density at radius 3 is 2.16 bits per heavy atom. The van der Waals surface area contributed by atoms with Crippen LogP contribution in [-0.2, 0) is 16.0 Å². The summed E-state index contributed by atoms with van der Waals surface area (Å²) in [5.74, 6) is -0.365. The zero-order valence-corrected chi connectivity index (χ0v) is 21.7. The van der Waals surface area contributed by atoms with Crippen molar-refractivity contribution in [1.82, 2.24) is 0 Å². The van der Waals surface area contributed by atoms with Crippen molar-refractivity contribution in [3.05, 3.63) is 125 Å². The van der Waals surface area contributed by atoms with E-state index in [1.807, 2.05) is 66.7 Å². The molecule has 0 aromatic heterocycles. The van der Waals surface area contributed by atoms with Crippen LogP contribution in [0.2, 0.25) is 5.02 Å². The summed E-state index contributed by atoms with van der Waals surface area (Å²) in [5, 5.41) is 5.97. The quantitative estimate of drug-likeness (QED) is 0.178. The Hall–Kier alpha value is -3.87. The highest BCUT2D eigenvalue weighted by molar-refractivity contribution is 8.00. The molecule has 5 nitrogen and oxygen atoms in total. The zero-order chi connectivity index (χ0) is 26.2. The van der Waals surface area contributed by atoms with Gasteiger partial charge in [0.05, 0.1) is 6.42 Å². The molecule has 0 aliphatic carbocycles. The summed E-state index contributed by atoms with van der Waals surface area (Å²) in [5.41, 5.74) is 3.56. The Morgan fingerprint density at radius 1 is 0.784 bits per heavy atom. The van der Waals surface area contributed by atoms with Gasteiger partial charge in [-0.05, 0) is 72.6 Å². The fourth-order valence-corrected chi connectivity index (χ4v) is 4.88. The van der Waals surface area contributed by atoms with Crippen molar-refractivity contribution in [1.29, 1.82) is 0 Å². The number of carbonyl (C=O) groups excluding carboxylic acids is 3. The van der Waals surface area contributed by atoms with Crippen molar-refractivity contribution >= 4 is 52.3 Å². The van der Waals surface area contributed by atoms with Crippen LogP contribution in [0.1, 0.15) is 33.7 Å². The fourth-order valence-electron chi connectivity index (χ4n) is 3.67. The third kappa shape index (κ3) is 7.56. The molecule has 0 spiro atoms. The van der Waals surface area contributed by atoms with Gasteiger partial charge in [0.1, 0.15) is 5.25 Å². The minimum absolute atomic E-state index is 0.0317. The summed E-state index contributed by atoms with van der Waals surface area (Å²) >= 11 is 7.31. The number of anilines is 2. The molecule has 37 heavy (non-hydrogen) atoms. The van der Waals surface area contributed by atoms with Crippen LogP contribution >= 0.6 is 23.4 Å². The van der Waals surface area contributed by atoms with E-state index in [9.17, 15) is 14.4 Å². The molecule has 186 valence electrons. The minimum atomic E-state index is -0.534. The number of nitrogens with one attached hydrogen (secondary N) is 2. The number of carbonyl (C=O) groups is 3. The van der Waals surface area contributed by atoms with Gasteiger partial charge < -0.3 is 10.6 Å². The van der Waals surface area contributed by atoms with Gasteiger partial charge in [0.2, 0.25) is 11.8 Å². The van der Waals surface area contributed by atoms with Gasteiger partial charge in [-0.15, -0.1) is 11.8 Å². The summed E-state index contributed by atoms with van der Waals surface area (Å²) in [7, 11) is 0. The molecule has 4 rings (SSSR count). The van der Waals surface area contributed by atoms with E-state index in [1.165, 1.54) is 18.7 Å². The molecule has 0 bridgehead atoms. The summed E-state index contributed by atoms with van der Waals surface area (Å²) < 4.78 is 0. The van der Waals surface area contributed by atoms with Crippen LogP contribution in [0.15, 0.2) is 108 Å². The molecule has 4 aromatic carbocycles. The smallest absolute Gasteiger partial charge is 0.242 e. The maximum Gasteiger partial charge on any atom is 0.242 e. The molecule has 1 atom stereocenters. The predicted molar refractivity (Wildman–Crippen MR) is 150 cm³/mol. The minimum Gasteiger partial charge on any atom is -0.326 e. The highest BCUT2D eigenvalue weighted by Crippen LogP contribution is 2.37. The van der Waals surface area contributed by atoms with Crippen molar-refractivity contribution in [2.75, 3.05) is 10.6 Å². The second-order valence-electron chi connectivity index (χ2n) is 8.41. The summed E-state index contributed by atoms with van der Waals surface area (Å²) in [6.07, 6.45) is 0.228. The largest absolute Gasteiger partial charge is 0.326 e. The number of amides is 2. The number of thioether (sulfide) groups is 1. The first-order valence-corrected chi connectivity index (χ1v) is 12.9. The van der Waals surface area contributed by atoms with Gasteiger partial charge in [0, 0.05) is 26.9 Å². The van der Waals surface area contributed by atoms with Gasteiger partial charge >= 0.3 is 0 Å². The number of halogens is 1. The maximum absolute atomic E-state index is 13.3. The lowest BCUT2D eigenvalue weighted by Crippen LogP contribution is -2.19. The van der Waals surface area contributed by atoms with Gasteiger partial charge in [0.15, 0.2) is 5.78 Å². The normalized spacial score (nSPS) is 11.4. The molecule has 0 radical (unpaired) electrons. The van der Waals surface area contributed by atoms with Gasteiger partial charge in [-0.2, -0.15) is 0 Å². The van der Waals surface area contributed by atoms with E-state index >= 15 is 0 Å². The third-order valence-electron chi connectivity index (χ3n) is 5.55. The van der Waals surface area contributed by atoms with Crippen LogP contribution in [0.4, 0.5) is 11.4 Å². The Kier molecular flexibility index (Phi) is 8.77. The number of hydrogen-bond donors (Lipinski definition) is 2. The number of benzene rings is 4. The van der Waals surface area contributed by atoms with Crippen molar-refractivity contribution in [3.63, 3.8) is 0 Å². The van der Waals surface area contributed by atoms with E-state index in [2.05, 4.69) is 10.6 Å². The standard InChI is InChI=1S/C30H25ClN2O3S/c1-20(34)22-12-16-25(17-13-22)33-30(36)29(23-6-3-2-4-7-23)37-27-9-5-8-26(19-27)32-28(35)18-21-10-14-24(31)15-11-21/h2-17,19,29H,18H2,1H3,(H,32,35)(H,33,36). The molecular formula is C30H25ClN2O3S. The zero-order valence-electron chi connectivity index (χ0n) is 20.1. The number of hydrogen-bond acceptors (Lipinski definition) is 4. The molecule has 7 heteroatoms. The monoisotopic (exact) mass is 528 g/mol. The van der Waals surface area contributed by atoms with Crippen LogP contribution in [0.5, 0.6) is 0 Å². The second-order valence-corrected chi connectivity index (χ2v) is 10.0. The average Bonchev–Trinajstić information content (AvgIpc) is 2.89. The Balaban J connectivity index is 1.48. The molecule has 0 heterocycles. The number of ketones is 1. The molecule has 0 saturated heterocycles. The highest BCUT2D eigenvalue weighted by Gasteiger charge is 2.22. The first kappa shape index (κ1) is 26.2. The molecule has 0 aliphatic rings. The number of Topliss-reactive ketones (excluding diaryl/α,β-unsaturated/α-hetero) is 1. The second kappa shape index (κ2) is 12.4. The fraction of sp³-hybridized carbons (Fsp3) is 0.100. The first-order valence-electron chi connectivity index (χ1n) is 11.7. The van der Waals surface area contributed by atoms with E-state index < -0.39 is 5.25 Å². The molecule has 0 saturated carbocycles. The SMILES string of the molecule is CC(=O)c1ccc(NC(=O)C(Sc2cccc(NC(=O)Cc3ccc(Cl)cc3)c2)c2ccccc2)cc1. The van der Waals surface area contributed by atoms with Gasteiger partial charge in [-0.25, -0.2) is 0 Å². The van der Waals surface area contributed by atoms with Gasteiger partial charge in [-0.1, -0.05) is 60.1 Å². The van der Waals surface area contributed by atoms with E-state index in [1.54, 1.807) is 36.4 Å². The Bertz CT molecular complexity index is 1390. The molecule has 0 aliphatic heterocycles. The van der Waals surface area contributed by atoms with Crippen LogP contribution < -0.4 is 10.6 Å². The molecule has 2 amide bonds. The molecule has 1 unspecified atom stereocenters. The lowest BCUT2D eigenvalue weighted by Gasteiger charge is -2.18. The summed E-state index contributed by atoms with van der Waals surface area (Å²) in [6.45, 7) is 1.50.